The van der Waals surface area contributed by atoms with Gasteiger partial charge in [0.1, 0.15) is 0 Å². The average Bonchev–Trinajstić information content (AvgIpc) is 0.722. The van der Waals surface area contributed by atoms with Gasteiger partial charge in [-0.15, -0.1) is 0 Å². The van der Waals surface area contributed by atoms with Crippen LogP contribution in [0.3, 0.4) is 0 Å². The molecule has 0 saturated heterocycles. The summed E-state index contributed by atoms with van der Waals surface area (Å²) in [7, 11) is 0. The Labute approximate surface area is 134 Å². The van der Waals surface area contributed by atoms with E-state index in [1.165, 1.54) is 0 Å². The Hall–Kier alpha value is 3.64. The van der Waals surface area contributed by atoms with Crippen molar-refractivity contribution in [2.45, 2.75) is 0 Å². The molecule has 0 heterocycles. The first-order valence-corrected chi connectivity index (χ1v) is 3.63. The first kappa shape index (κ1) is 29.3. The Morgan fingerprint density at radius 1 is 0.889 bits per heavy atom. The predicted molar refractivity (Wildman–Crippen MR) is 40.2 cm³/mol. The van der Waals surface area contributed by atoms with Crippen LogP contribution in [0.15, 0.2) is 0 Å². The molecule has 0 bridgehead atoms. The Bertz CT molecular complexity index is 99.0. The zero-order valence-electron chi connectivity index (χ0n) is 2.12. The molecule has 0 saturated carbocycles. The maximum absolute atomic E-state index is 8.82. The number of rotatable bonds is 0. The van der Waals surface area contributed by atoms with E-state index < -0.39 is 13.4 Å². The quantitative estimate of drug-likeness (QED) is 0.409. The van der Waals surface area contributed by atoms with Crippen LogP contribution in [0.4, 0.5) is 0 Å². The summed E-state index contributed by atoms with van der Waals surface area (Å²) in [5.41, 5.74) is 0. The summed E-state index contributed by atoms with van der Waals surface area (Å²) in [4.78, 5) is 0. The van der Waals surface area contributed by atoms with Crippen molar-refractivity contribution in [2.75, 3.05) is 0 Å². The molecule has 0 amide bonds. The second-order valence-electron chi connectivity index (χ2n) is 0.448. The molecule has 0 fully saturated rings. The van der Waals surface area contributed by atoms with E-state index in [9.17, 15) is 0 Å². The van der Waals surface area contributed by atoms with Gasteiger partial charge in [-0.25, -0.2) is 0 Å². The second-order valence-corrected chi connectivity index (χ2v) is 2.33. The summed E-state index contributed by atoms with van der Waals surface area (Å²) in [6.07, 6.45) is 0. The molecule has 0 rings (SSSR count). The molecule has 9 heteroatoms. The summed E-state index contributed by atoms with van der Waals surface area (Å²) < 4.78 is 31.9. The van der Waals surface area contributed by atoms with Gasteiger partial charge in [0.2, 0.25) is 0 Å². The fraction of sp³-hybridized carbons (Fsp3) is 0. The summed E-state index contributed by atoms with van der Waals surface area (Å²) in [5.74, 6) is 0. The zero-order chi connectivity index (χ0) is 4.50. The molecule has 0 aliphatic heterocycles. The molecule has 40 valence electrons. The van der Waals surface area contributed by atoms with Gasteiger partial charge in [-0.05, 0) is 0 Å². The number of hydrogen-bond acceptors (Lipinski definition) is 2. The number of hydrogen-bond donors (Lipinski definition) is 2. The molecule has 0 aromatic heterocycles. The third-order valence-corrected chi connectivity index (χ3v) is 0. The minimum atomic E-state index is -5.25. The monoisotopic (exact) mass is 226 g/mol. The summed E-state index contributed by atoms with van der Waals surface area (Å²) in [6, 6.07) is 0. The molecule has 0 aliphatic carbocycles. The van der Waals surface area contributed by atoms with Crippen LogP contribution in [0.1, 0.15) is 0 Å². The van der Waals surface area contributed by atoms with Crippen LogP contribution in [0, 0.1) is 0 Å². The first-order valence-electron chi connectivity index (χ1n) is 0.698. The molecule has 0 spiro atoms. The van der Waals surface area contributed by atoms with Gasteiger partial charge in [-0.3, -0.25) is 0 Å². The molecular formula is H6LiNa3O4Se. The van der Waals surface area contributed by atoms with Crippen LogP contribution in [0.25, 0.3) is 0 Å². The Kier molecular flexibility index (Phi) is 46.2. The van der Waals surface area contributed by atoms with Gasteiger partial charge in [0.05, 0.1) is 0 Å². The molecule has 4 nitrogen and oxygen atoms in total. The predicted octanol–water partition coefficient (Wildman–Crippen LogP) is -4.33. The first-order chi connectivity index (χ1) is 2.00. The van der Waals surface area contributed by atoms with E-state index in [1.807, 2.05) is 0 Å². The summed E-state index contributed by atoms with van der Waals surface area (Å²) in [5, 5.41) is 0. The van der Waals surface area contributed by atoms with Gasteiger partial charge >= 0.3 is 137 Å². The normalized spacial score (nSPS) is 6.44. The molecule has 0 aromatic rings. The van der Waals surface area contributed by atoms with Crippen LogP contribution in [-0.2, 0) is 7.67 Å². The van der Waals surface area contributed by atoms with Gasteiger partial charge < -0.3 is 0 Å². The van der Waals surface area contributed by atoms with Crippen molar-refractivity contribution in [1.29, 1.82) is 0 Å². The van der Waals surface area contributed by atoms with Gasteiger partial charge in [0, 0.05) is 0 Å². The zero-order valence-corrected chi connectivity index (χ0v) is 3.83. The molecule has 0 atom stereocenters. The summed E-state index contributed by atoms with van der Waals surface area (Å²) in [6.45, 7) is 0. The molecule has 0 unspecified atom stereocenters. The summed E-state index contributed by atoms with van der Waals surface area (Å²) >= 11 is -5.25. The van der Waals surface area contributed by atoms with E-state index in [0.717, 1.165) is 0 Å². The van der Waals surface area contributed by atoms with E-state index >= 15 is 0 Å². The van der Waals surface area contributed by atoms with E-state index in [1.54, 1.807) is 0 Å². The van der Waals surface area contributed by atoms with Gasteiger partial charge in [-0.2, -0.15) is 0 Å². The van der Waals surface area contributed by atoms with Crippen LogP contribution < -0.4 is 0 Å². The van der Waals surface area contributed by atoms with E-state index in [-0.39, 0.29) is 108 Å². The minimum absolute atomic E-state index is 0. The third kappa shape index (κ3) is 81.7. The van der Waals surface area contributed by atoms with Crippen LogP contribution in [-0.4, -0.2) is 129 Å². The maximum atomic E-state index is 8.82. The van der Waals surface area contributed by atoms with Crippen molar-refractivity contribution < 1.29 is 16.0 Å². The molecule has 0 radical (unpaired) electrons. The van der Waals surface area contributed by atoms with Crippen molar-refractivity contribution in [3.8, 4) is 0 Å². The van der Waals surface area contributed by atoms with Gasteiger partial charge in [-0.1, -0.05) is 0 Å². The van der Waals surface area contributed by atoms with E-state index in [2.05, 4.69) is 0 Å². The van der Waals surface area contributed by atoms with Crippen molar-refractivity contribution in [3.63, 3.8) is 0 Å². The van der Waals surface area contributed by atoms with Gasteiger partial charge in [0.15, 0.2) is 0 Å². The van der Waals surface area contributed by atoms with E-state index in [4.69, 9.17) is 16.0 Å². The van der Waals surface area contributed by atoms with Crippen LogP contribution >= 0.6 is 0 Å². The van der Waals surface area contributed by atoms with Crippen molar-refractivity contribution in [1.82, 2.24) is 0 Å². The Balaban J connectivity index is -0.0000000133. The second kappa shape index (κ2) is 14.2. The fourth-order valence-electron chi connectivity index (χ4n) is 0. The molecular weight excluding hydrogens is 219 g/mol. The molecule has 0 aliphatic rings. The standard InChI is InChI=1S/Li.3Na.H2O4Se.4H/c;;;;1-5(2,3)4;;;;/h;;;;(H2,1,2,3,4);;;;. The molecule has 2 N–H and O–H groups in total. The SMILES string of the molecule is O=[Se](=O)(O)O.[LiH].[NaH].[NaH].[NaH]. The van der Waals surface area contributed by atoms with E-state index in [0.29, 0.717) is 0 Å². The van der Waals surface area contributed by atoms with Crippen molar-refractivity contribution in [2.24, 2.45) is 0 Å². The third-order valence-electron chi connectivity index (χ3n) is 0. The average molecular weight is 225 g/mol. The Morgan fingerprint density at radius 2 is 0.889 bits per heavy atom. The van der Waals surface area contributed by atoms with Gasteiger partial charge in [0.25, 0.3) is 0 Å². The van der Waals surface area contributed by atoms with Crippen LogP contribution in [0.2, 0.25) is 0 Å². The van der Waals surface area contributed by atoms with Crippen molar-refractivity contribution >= 4 is 121 Å². The Morgan fingerprint density at radius 3 is 0.889 bits per heavy atom. The van der Waals surface area contributed by atoms with Crippen molar-refractivity contribution in [3.05, 3.63) is 0 Å². The molecule has 9 heavy (non-hydrogen) atoms. The molecule has 0 aromatic carbocycles. The fourth-order valence-corrected chi connectivity index (χ4v) is 0. The topological polar surface area (TPSA) is 74.6 Å². The van der Waals surface area contributed by atoms with Crippen LogP contribution in [0.5, 0.6) is 0 Å².